The normalized spacial score (nSPS) is 11.2. The van der Waals surface area contributed by atoms with Crippen LogP contribution >= 0.6 is 0 Å². The van der Waals surface area contributed by atoms with Crippen LogP contribution in [0.25, 0.3) is 0 Å². The smallest absolute Gasteiger partial charge is 0.254 e. The van der Waals surface area contributed by atoms with Crippen LogP contribution in [-0.2, 0) is 0 Å². The molecule has 4 nitrogen and oxygen atoms in total. The third-order valence-electron chi connectivity index (χ3n) is 4.00. The van der Waals surface area contributed by atoms with Gasteiger partial charge in [-0.25, -0.2) is 0 Å². The third-order valence-corrected chi connectivity index (χ3v) is 4.00. The monoisotopic (exact) mass is 324 g/mol. The minimum Gasteiger partial charge on any atom is -0.341 e. The van der Waals surface area contributed by atoms with Gasteiger partial charge in [-0.1, -0.05) is 62.4 Å². The zero-order valence-corrected chi connectivity index (χ0v) is 14.5. The zero-order valence-electron chi connectivity index (χ0n) is 14.5. The summed E-state index contributed by atoms with van der Waals surface area (Å²) in [6.07, 6.45) is 0. The Bertz CT molecular complexity index is 723. The van der Waals surface area contributed by atoms with Crippen LogP contribution in [0.5, 0.6) is 0 Å². The number of hydrogen-bond donors (Lipinski definition) is 1. The van der Waals surface area contributed by atoms with Crippen molar-refractivity contribution in [2.75, 3.05) is 20.1 Å². The van der Waals surface area contributed by atoms with Gasteiger partial charge in [-0.15, -0.1) is 0 Å². The van der Waals surface area contributed by atoms with E-state index < -0.39 is 0 Å². The Balaban J connectivity index is 2.32. The van der Waals surface area contributed by atoms with Gasteiger partial charge in [0.1, 0.15) is 0 Å². The van der Waals surface area contributed by atoms with Crippen molar-refractivity contribution in [2.24, 2.45) is 11.1 Å². The van der Waals surface area contributed by atoms with Crippen LogP contribution in [0, 0.1) is 5.41 Å². The first-order valence-corrected chi connectivity index (χ1v) is 8.00. The number of nitrogens with two attached hydrogens (primary N) is 1. The maximum Gasteiger partial charge on any atom is 0.254 e. The molecule has 2 aromatic rings. The molecule has 0 aromatic heterocycles. The predicted molar refractivity (Wildman–Crippen MR) is 96.1 cm³/mol. The molecule has 0 atom stereocenters. The Labute approximate surface area is 143 Å². The molecule has 0 aliphatic heterocycles. The molecule has 0 fully saturated rings. The number of carbonyl (C=O) groups excluding carboxylic acids is 2. The Morgan fingerprint density at radius 2 is 1.50 bits per heavy atom. The van der Waals surface area contributed by atoms with Crippen molar-refractivity contribution in [3.63, 3.8) is 0 Å². The lowest BCUT2D eigenvalue weighted by molar-refractivity contribution is 0.0736. The number of rotatable bonds is 6. The van der Waals surface area contributed by atoms with E-state index in [0.29, 0.717) is 29.8 Å². The molecule has 0 heterocycles. The quantitative estimate of drug-likeness (QED) is 0.831. The van der Waals surface area contributed by atoms with Gasteiger partial charge >= 0.3 is 0 Å². The molecule has 0 spiro atoms. The zero-order chi connectivity index (χ0) is 17.7. The van der Waals surface area contributed by atoms with E-state index in [9.17, 15) is 9.59 Å². The van der Waals surface area contributed by atoms with Gasteiger partial charge < -0.3 is 10.6 Å². The third kappa shape index (κ3) is 4.09. The van der Waals surface area contributed by atoms with Gasteiger partial charge in [0.15, 0.2) is 5.78 Å². The first-order chi connectivity index (χ1) is 11.4. The van der Waals surface area contributed by atoms with Crippen LogP contribution in [0.3, 0.4) is 0 Å². The van der Waals surface area contributed by atoms with Crippen LogP contribution < -0.4 is 5.73 Å². The summed E-state index contributed by atoms with van der Waals surface area (Å²) >= 11 is 0. The maximum atomic E-state index is 12.8. The molecular weight excluding hydrogens is 300 g/mol. The molecule has 24 heavy (non-hydrogen) atoms. The van der Waals surface area contributed by atoms with Gasteiger partial charge in [-0.2, -0.15) is 0 Å². The lowest BCUT2D eigenvalue weighted by Gasteiger charge is -2.29. The topological polar surface area (TPSA) is 63.4 Å². The molecule has 2 rings (SSSR count). The van der Waals surface area contributed by atoms with E-state index in [0.717, 1.165) is 0 Å². The highest BCUT2D eigenvalue weighted by Crippen LogP contribution is 2.19. The summed E-state index contributed by atoms with van der Waals surface area (Å²) in [5, 5.41) is 0. The highest BCUT2D eigenvalue weighted by Gasteiger charge is 2.25. The van der Waals surface area contributed by atoms with E-state index in [-0.39, 0.29) is 17.1 Å². The van der Waals surface area contributed by atoms with Crippen molar-refractivity contribution in [2.45, 2.75) is 13.8 Å². The first kappa shape index (κ1) is 17.9. The number of amides is 1. The van der Waals surface area contributed by atoms with E-state index in [4.69, 9.17) is 5.73 Å². The van der Waals surface area contributed by atoms with Gasteiger partial charge in [0.25, 0.3) is 5.91 Å². The van der Waals surface area contributed by atoms with E-state index >= 15 is 0 Å². The number of carbonyl (C=O) groups is 2. The summed E-state index contributed by atoms with van der Waals surface area (Å²) in [7, 11) is 1.74. The molecule has 0 saturated heterocycles. The van der Waals surface area contributed by atoms with Crippen LogP contribution in [0.4, 0.5) is 0 Å². The number of nitrogens with zero attached hydrogens (tertiary/aromatic N) is 1. The summed E-state index contributed by atoms with van der Waals surface area (Å²) in [6.45, 7) is 5.03. The van der Waals surface area contributed by atoms with Crippen molar-refractivity contribution in [1.29, 1.82) is 0 Å². The number of benzene rings is 2. The number of ketones is 1. The summed E-state index contributed by atoms with van der Waals surface area (Å²) in [5.74, 6) is -0.317. The summed E-state index contributed by atoms with van der Waals surface area (Å²) in [5.41, 5.74) is 6.99. The highest BCUT2D eigenvalue weighted by molar-refractivity contribution is 6.15. The average Bonchev–Trinajstić information content (AvgIpc) is 2.60. The second kappa shape index (κ2) is 7.41. The first-order valence-electron chi connectivity index (χ1n) is 8.00. The van der Waals surface area contributed by atoms with Gasteiger partial charge in [-0.05, 0) is 18.0 Å². The van der Waals surface area contributed by atoms with Gasteiger partial charge in [0.05, 0.1) is 5.56 Å². The number of hydrogen-bond acceptors (Lipinski definition) is 3. The molecule has 2 aromatic carbocycles. The minimum atomic E-state index is -0.178. The van der Waals surface area contributed by atoms with E-state index in [1.165, 1.54) is 0 Å². The fourth-order valence-electron chi connectivity index (χ4n) is 2.60. The Hall–Kier alpha value is -2.46. The molecule has 0 unspecified atom stereocenters. The van der Waals surface area contributed by atoms with Crippen molar-refractivity contribution in [1.82, 2.24) is 4.90 Å². The Kier molecular flexibility index (Phi) is 5.52. The molecule has 0 aliphatic carbocycles. The summed E-state index contributed by atoms with van der Waals surface area (Å²) < 4.78 is 0. The molecular formula is C20H24N2O2. The van der Waals surface area contributed by atoms with Crippen molar-refractivity contribution >= 4 is 11.7 Å². The van der Waals surface area contributed by atoms with E-state index in [1.54, 1.807) is 48.3 Å². The van der Waals surface area contributed by atoms with Crippen molar-refractivity contribution < 1.29 is 9.59 Å². The summed E-state index contributed by atoms with van der Waals surface area (Å²) in [4.78, 5) is 27.2. The van der Waals surface area contributed by atoms with Crippen LogP contribution in [0.15, 0.2) is 54.6 Å². The summed E-state index contributed by atoms with van der Waals surface area (Å²) in [6, 6.07) is 15.9. The second-order valence-electron chi connectivity index (χ2n) is 6.77. The SMILES string of the molecule is CN(CC(C)(C)CN)C(=O)c1ccccc1C(=O)c1ccccc1. The molecule has 0 bridgehead atoms. The minimum absolute atomic E-state index is 0.147. The molecule has 0 radical (unpaired) electrons. The van der Waals surface area contributed by atoms with Crippen LogP contribution in [0.2, 0.25) is 0 Å². The van der Waals surface area contributed by atoms with E-state index in [1.807, 2.05) is 32.0 Å². The molecule has 2 N–H and O–H groups in total. The van der Waals surface area contributed by atoms with Gasteiger partial charge in [0, 0.05) is 24.7 Å². The van der Waals surface area contributed by atoms with Gasteiger partial charge in [-0.3, -0.25) is 9.59 Å². The standard InChI is InChI=1S/C20H24N2O2/c1-20(2,13-21)14-22(3)19(24)17-12-8-7-11-16(17)18(23)15-9-5-4-6-10-15/h4-12H,13-14,21H2,1-3H3. The lowest BCUT2D eigenvalue weighted by atomic mass is 9.92. The predicted octanol–water partition coefficient (Wildman–Crippen LogP) is 2.97. The molecule has 0 aliphatic rings. The van der Waals surface area contributed by atoms with Crippen molar-refractivity contribution in [3.8, 4) is 0 Å². The van der Waals surface area contributed by atoms with E-state index in [2.05, 4.69) is 0 Å². The largest absolute Gasteiger partial charge is 0.341 e. The highest BCUT2D eigenvalue weighted by atomic mass is 16.2. The van der Waals surface area contributed by atoms with Crippen LogP contribution in [0.1, 0.15) is 40.1 Å². The average molecular weight is 324 g/mol. The molecule has 0 saturated carbocycles. The van der Waals surface area contributed by atoms with Crippen molar-refractivity contribution in [3.05, 3.63) is 71.3 Å². The Morgan fingerprint density at radius 3 is 2.08 bits per heavy atom. The molecule has 4 heteroatoms. The molecule has 1 amide bonds. The maximum absolute atomic E-state index is 12.8. The lowest BCUT2D eigenvalue weighted by Crippen LogP contribution is -2.40. The fourth-order valence-corrected chi connectivity index (χ4v) is 2.60. The van der Waals surface area contributed by atoms with Crippen LogP contribution in [-0.4, -0.2) is 36.7 Å². The molecule has 126 valence electrons. The Morgan fingerprint density at radius 1 is 0.958 bits per heavy atom. The second-order valence-corrected chi connectivity index (χ2v) is 6.77. The van der Waals surface area contributed by atoms with Gasteiger partial charge in [0.2, 0.25) is 0 Å². The fraction of sp³-hybridized carbons (Fsp3) is 0.300.